The zero-order valence-electron chi connectivity index (χ0n) is 15.3. The molecule has 0 heterocycles. The first-order chi connectivity index (χ1) is 13.1. The summed E-state index contributed by atoms with van der Waals surface area (Å²) in [7, 11) is -2.22. The van der Waals surface area contributed by atoms with Crippen molar-refractivity contribution in [2.75, 3.05) is 6.61 Å². The maximum absolute atomic E-state index is 12.3. The number of alkyl carbamates (subject to hydrolysis) is 1. The molecule has 0 spiro atoms. The van der Waals surface area contributed by atoms with Crippen LogP contribution in [0.25, 0.3) is 0 Å². The van der Waals surface area contributed by atoms with Crippen LogP contribution in [-0.4, -0.2) is 12.7 Å². The van der Waals surface area contributed by atoms with Gasteiger partial charge in [-0.15, -0.1) is 6.58 Å². The number of ether oxygens (including phenoxy) is 1. The van der Waals surface area contributed by atoms with Gasteiger partial charge in [-0.3, -0.25) is 4.57 Å². The van der Waals surface area contributed by atoms with Crippen LogP contribution in [0, 0.1) is 5.92 Å². The molecule has 0 saturated heterocycles. The fourth-order valence-electron chi connectivity index (χ4n) is 3.18. The molecule has 1 saturated carbocycles. The Labute approximate surface area is 160 Å². The van der Waals surface area contributed by atoms with Crippen molar-refractivity contribution in [2.45, 2.75) is 25.5 Å². The molecule has 3 unspecified atom stereocenters. The molecule has 3 rings (SSSR count). The van der Waals surface area contributed by atoms with Crippen LogP contribution >= 0.6 is 8.03 Å². The summed E-state index contributed by atoms with van der Waals surface area (Å²) >= 11 is 0. The van der Waals surface area contributed by atoms with Crippen molar-refractivity contribution >= 4 is 19.4 Å². The Kier molecular flexibility index (Phi) is 6.15. The molecule has 3 atom stereocenters. The van der Waals surface area contributed by atoms with E-state index in [1.165, 1.54) is 0 Å². The summed E-state index contributed by atoms with van der Waals surface area (Å²) in [6, 6.07) is 16.9. The van der Waals surface area contributed by atoms with Gasteiger partial charge in [0.05, 0.1) is 12.1 Å². The van der Waals surface area contributed by atoms with Crippen LogP contribution < -0.4 is 10.6 Å². The largest absolute Gasteiger partial charge is 0.445 e. The first kappa shape index (κ1) is 19.4. The molecule has 0 aromatic heterocycles. The van der Waals surface area contributed by atoms with Crippen molar-refractivity contribution < 1.29 is 18.6 Å². The molecule has 2 aromatic rings. The molecule has 1 aliphatic carbocycles. The number of amides is 1. The number of carbonyl (C=O) groups is 1. The second-order valence-electron chi connectivity index (χ2n) is 6.50. The lowest BCUT2D eigenvalue weighted by Gasteiger charge is -2.20. The fraction of sp³-hybridized carbons (Fsp3) is 0.286. The van der Waals surface area contributed by atoms with Gasteiger partial charge in [0, 0.05) is 11.2 Å². The van der Waals surface area contributed by atoms with Crippen LogP contribution in [-0.2, 0) is 26.0 Å². The van der Waals surface area contributed by atoms with E-state index in [9.17, 15) is 9.36 Å². The molecule has 6 heteroatoms. The van der Waals surface area contributed by atoms with Gasteiger partial charge in [0.2, 0.25) is 8.03 Å². The van der Waals surface area contributed by atoms with Crippen LogP contribution in [0.3, 0.4) is 0 Å². The van der Waals surface area contributed by atoms with E-state index in [0.29, 0.717) is 11.9 Å². The Morgan fingerprint density at radius 3 is 2.56 bits per heavy atom. The van der Waals surface area contributed by atoms with Crippen molar-refractivity contribution in [3.05, 3.63) is 78.4 Å². The van der Waals surface area contributed by atoms with Crippen LogP contribution in [0.4, 0.5) is 4.79 Å². The zero-order chi connectivity index (χ0) is 19.3. The number of rotatable bonds is 8. The van der Waals surface area contributed by atoms with Gasteiger partial charge >= 0.3 is 6.09 Å². The number of hydrogen-bond acceptors (Lipinski definition) is 4. The smallest absolute Gasteiger partial charge is 0.408 e. The van der Waals surface area contributed by atoms with Crippen LogP contribution in [0.15, 0.2) is 67.3 Å². The predicted octanol–water partition coefficient (Wildman–Crippen LogP) is 4.15. The molecular formula is C21H24NO4P. The van der Waals surface area contributed by atoms with E-state index in [0.717, 1.165) is 17.5 Å². The monoisotopic (exact) mass is 385 g/mol. The Balaban J connectivity index is 1.68. The maximum atomic E-state index is 12.3. The van der Waals surface area contributed by atoms with E-state index in [2.05, 4.69) is 11.9 Å². The lowest BCUT2D eigenvalue weighted by atomic mass is 10.0. The molecular weight excluding hydrogens is 361 g/mol. The third-order valence-electron chi connectivity index (χ3n) is 4.75. The Morgan fingerprint density at radius 2 is 1.96 bits per heavy atom. The minimum atomic E-state index is -2.22. The highest BCUT2D eigenvalue weighted by molar-refractivity contribution is 7.48. The topological polar surface area (TPSA) is 64.6 Å². The summed E-state index contributed by atoms with van der Waals surface area (Å²) in [5.74, 6) is 0.136. The normalized spacial score (nSPS) is 21.9. The Morgan fingerprint density at radius 1 is 1.26 bits per heavy atom. The standard InChI is InChI=1S/C21H24NO4P/c1-3-17-14-21(17,18-10-12-19(13-11-18)27(24)26-4-2)22-20(23)25-15-16-8-6-5-7-9-16/h3,5-13,17,27H,1,4,14-15H2,2H3,(H,22,23). The van der Waals surface area contributed by atoms with E-state index >= 15 is 0 Å². The van der Waals surface area contributed by atoms with E-state index in [-0.39, 0.29) is 12.5 Å². The highest BCUT2D eigenvalue weighted by Crippen LogP contribution is 2.52. The Bertz CT molecular complexity index is 822. The number of hydrogen-bond donors (Lipinski definition) is 1. The van der Waals surface area contributed by atoms with Crippen molar-refractivity contribution in [1.29, 1.82) is 0 Å². The first-order valence-corrected chi connectivity index (χ1v) is 10.3. The van der Waals surface area contributed by atoms with Gasteiger partial charge in [-0.05, 0) is 36.6 Å². The summed E-state index contributed by atoms with van der Waals surface area (Å²) in [6.07, 6.45) is 2.14. The van der Waals surface area contributed by atoms with Gasteiger partial charge < -0.3 is 14.6 Å². The molecule has 1 amide bonds. The summed E-state index contributed by atoms with van der Waals surface area (Å²) < 4.78 is 22.5. The fourth-order valence-corrected chi connectivity index (χ4v) is 4.05. The molecule has 27 heavy (non-hydrogen) atoms. The van der Waals surface area contributed by atoms with Gasteiger partial charge in [0.1, 0.15) is 6.61 Å². The highest BCUT2D eigenvalue weighted by Gasteiger charge is 2.55. The highest BCUT2D eigenvalue weighted by atomic mass is 31.1. The molecule has 0 bridgehead atoms. The lowest BCUT2D eigenvalue weighted by Crippen LogP contribution is -2.37. The number of carbonyl (C=O) groups excluding carboxylic acids is 1. The van der Waals surface area contributed by atoms with E-state index in [1.807, 2.05) is 55.5 Å². The predicted molar refractivity (Wildman–Crippen MR) is 106 cm³/mol. The zero-order valence-corrected chi connectivity index (χ0v) is 16.3. The number of nitrogens with one attached hydrogen (secondary N) is 1. The van der Waals surface area contributed by atoms with Crippen molar-refractivity contribution in [2.24, 2.45) is 5.92 Å². The first-order valence-electron chi connectivity index (χ1n) is 8.98. The van der Waals surface area contributed by atoms with Gasteiger partial charge in [-0.2, -0.15) is 0 Å². The molecule has 142 valence electrons. The van der Waals surface area contributed by atoms with Crippen molar-refractivity contribution in [3.8, 4) is 0 Å². The van der Waals surface area contributed by atoms with E-state index in [1.54, 1.807) is 12.1 Å². The average molecular weight is 385 g/mol. The van der Waals surface area contributed by atoms with Gasteiger partial charge in [-0.1, -0.05) is 48.5 Å². The molecule has 2 aromatic carbocycles. The summed E-state index contributed by atoms with van der Waals surface area (Å²) in [4.78, 5) is 12.3. The summed E-state index contributed by atoms with van der Waals surface area (Å²) in [6.45, 7) is 6.31. The lowest BCUT2D eigenvalue weighted by molar-refractivity contribution is 0.133. The second kappa shape index (κ2) is 8.55. The minimum absolute atomic E-state index is 0.136. The summed E-state index contributed by atoms with van der Waals surface area (Å²) in [5.41, 5.74) is 1.36. The maximum Gasteiger partial charge on any atom is 0.408 e. The minimum Gasteiger partial charge on any atom is -0.445 e. The average Bonchev–Trinajstić information content (AvgIpc) is 3.41. The van der Waals surface area contributed by atoms with Crippen LogP contribution in [0.5, 0.6) is 0 Å². The van der Waals surface area contributed by atoms with Crippen molar-refractivity contribution in [1.82, 2.24) is 5.32 Å². The van der Waals surface area contributed by atoms with Gasteiger partial charge in [-0.25, -0.2) is 4.79 Å². The quantitative estimate of drug-likeness (QED) is 0.548. The Hall–Kier alpha value is -2.36. The van der Waals surface area contributed by atoms with Gasteiger partial charge in [0.25, 0.3) is 0 Å². The summed E-state index contributed by atoms with van der Waals surface area (Å²) in [5, 5.41) is 3.66. The second-order valence-corrected chi connectivity index (χ2v) is 7.94. The number of benzene rings is 2. The SMILES string of the molecule is C=CC1CC1(NC(=O)OCc1ccccc1)c1ccc([PH](=O)OCC)cc1. The molecule has 1 N–H and O–H groups in total. The third-order valence-corrected chi connectivity index (χ3v) is 6.10. The molecule has 0 radical (unpaired) electrons. The molecule has 0 aliphatic heterocycles. The third kappa shape index (κ3) is 4.49. The molecule has 1 aliphatic rings. The molecule has 5 nitrogen and oxygen atoms in total. The molecule has 1 fully saturated rings. The van der Waals surface area contributed by atoms with Crippen LogP contribution in [0.1, 0.15) is 24.5 Å². The van der Waals surface area contributed by atoms with Gasteiger partial charge in [0.15, 0.2) is 0 Å². The van der Waals surface area contributed by atoms with E-state index < -0.39 is 19.7 Å². The van der Waals surface area contributed by atoms with Crippen LogP contribution in [0.2, 0.25) is 0 Å². The van der Waals surface area contributed by atoms with E-state index in [4.69, 9.17) is 9.26 Å². The van der Waals surface area contributed by atoms with Crippen molar-refractivity contribution in [3.63, 3.8) is 0 Å².